The normalized spacial score (nSPS) is 26.5. The summed E-state index contributed by atoms with van der Waals surface area (Å²) in [7, 11) is 0. The first kappa shape index (κ1) is 9.59. The van der Waals surface area contributed by atoms with Crippen LogP contribution in [0.1, 0.15) is 48.5 Å². The number of fused-ring (bicyclic) bond motifs is 1. The van der Waals surface area contributed by atoms with Gasteiger partial charge in [0.15, 0.2) is 0 Å². The predicted octanol–water partition coefficient (Wildman–Crippen LogP) is 3.84. The molecule has 1 aromatic rings. The lowest BCUT2D eigenvalue weighted by atomic mass is 9.78. The zero-order valence-electron chi connectivity index (χ0n) is 8.98. The van der Waals surface area contributed by atoms with Crippen LogP contribution in [-0.4, -0.2) is 12.8 Å². The highest BCUT2D eigenvalue weighted by molar-refractivity contribution is 7.10. The number of thiophene rings is 1. The van der Waals surface area contributed by atoms with Crippen LogP contribution in [0.5, 0.6) is 0 Å². The number of rotatable bonds is 1. The topological polar surface area (TPSA) is 12.4 Å². The smallest absolute Gasteiger partial charge is 0.0469 e. The van der Waals surface area contributed by atoms with Crippen LogP contribution >= 0.6 is 11.3 Å². The van der Waals surface area contributed by atoms with Gasteiger partial charge in [-0.2, -0.15) is 0 Å². The molecule has 1 aliphatic heterocycles. The van der Waals surface area contributed by atoms with Crippen molar-refractivity contribution in [1.29, 1.82) is 0 Å². The third-order valence-electron chi connectivity index (χ3n) is 3.82. The first-order valence-electron chi connectivity index (χ1n) is 6.02. The predicted molar refractivity (Wildman–Crippen MR) is 66.1 cm³/mol. The molecule has 2 heteroatoms. The maximum Gasteiger partial charge on any atom is 0.0469 e. The van der Waals surface area contributed by atoms with E-state index in [0.717, 1.165) is 18.4 Å². The van der Waals surface area contributed by atoms with Crippen molar-refractivity contribution in [3.8, 4) is 0 Å². The van der Waals surface area contributed by atoms with Gasteiger partial charge in [0, 0.05) is 29.1 Å². The van der Waals surface area contributed by atoms with Gasteiger partial charge in [0.1, 0.15) is 0 Å². The number of hydrogen-bond acceptors (Lipinski definition) is 2. The van der Waals surface area contributed by atoms with Gasteiger partial charge in [-0.15, -0.1) is 11.3 Å². The Kier molecular flexibility index (Phi) is 2.61. The molecular weight excluding hydrogens is 202 g/mol. The molecule has 0 saturated heterocycles. The van der Waals surface area contributed by atoms with Gasteiger partial charge in [0.25, 0.3) is 0 Å². The zero-order valence-corrected chi connectivity index (χ0v) is 9.80. The minimum Gasteiger partial charge on any atom is -0.292 e. The molecule has 0 radical (unpaired) electrons. The second-order valence-corrected chi connectivity index (χ2v) is 5.69. The number of nitrogens with zero attached hydrogens (tertiary/aromatic N) is 1. The van der Waals surface area contributed by atoms with E-state index in [0.29, 0.717) is 0 Å². The molecule has 15 heavy (non-hydrogen) atoms. The van der Waals surface area contributed by atoms with E-state index in [-0.39, 0.29) is 0 Å². The van der Waals surface area contributed by atoms with E-state index in [1.54, 1.807) is 4.88 Å². The van der Waals surface area contributed by atoms with Gasteiger partial charge in [-0.25, -0.2) is 0 Å². The Morgan fingerprint density at radius 3 is 2.93 bits per heavy atom. The molecule has 1 atom stereocenters. The molecule has 0 spiro atoms. The lowest BCUT2D eigenvalue weighted by Gasteiger charge is -2.30. The van der Waals surface area contributed by atoms with E-state index in [9.17, 15) is 0 Å². The van der Waals surface area contributed by atoms with Gasteiger partial charge in [-0.05, 0) is 30.2 Å². The number of aliphatic imine (C=N–C) groups is 1. The molecule has 80 valence electrons. The van der Waals surface area contributed by atoms with Crippen LogP contribution in [0, 0.1) is 5.92 Å². The van der Waals surface area contributed by atoms with Crippen molar-refractivity contribution in [1.82, 2.24) is 0 Å². The fraction of sp³-hybridized carbons (Fsp3) is 0.615. The monoisotopic (exact) mass is 219 g/mol. The summed E-state index contributed by atoms with van der Waals surface area (Å²) >= 11 is 1.94. The maximum atomic E-state index is 4.53. The standard InChI is InChI=1S/C13H17NS/c1-2-4-10(5-3-1)12-9-14-8-11-6-7-15-13(11)12/h6-8,10,12H,1-5,9H2. The van der Waals surface area contributed by atoms with E-state index < -0.39 is 0 Å². The lowest BCUT2D eigenvalue weighted by molar-refractivity contribution is 0.309. The van der Waals surface area contributed by atoms with E-state index >= 15 is 0 Å². The van der Waals surface area contributed by atoms with Crippen LogP contribution in [0.2, 0.25) is 0 Å². The molecule has 0 N–H and O–H groups in total. The molecule has 0 aromatic carbocycles. The highest BCUT2D eigenvalue weighted by atomic mass is 32.1. The Labute approximate surface area is 95.2 Å². The van der Waals surface area contributed by atoms with E-state index in [1.807, 2.05) is 11.3 Å². The second-order valence-electron chi connectivity index (χ2n) is 4.74. The molecule has 2 heterocycles. The van der Waals surface area contributed by atoms with Gasteiger partial charge >= 0.3 is 0 Å². The van der Waals surface area contributed by atoms with Crippen molar-refractivity contribution in [3.63, 3.8) is 0 Å². The first-order chi connectivity index (χ1) is 7.45. The van der Waals surface area contributed by atoms with Crippen LogP contribution < -0.4 is 0 Å². The van der Waals surface area contributed by atoms with Crippen molar-refractivity contribution >= 4 is 17.6 Å². The van der Waals surface area contributed by atoms with Gasteiger partial charge in [-0.3, -0.25) is 4.99 Å². The first-order valence-corrected chi connectivity index (χ1v) is 6.90. The fourth-order valence-electron chi connectivity index (χ4n) is 2.99. The van der Waals surface area contributed by atoms with Crippen LogP contribution in [-0.2, 0) is 0 Å². The van der Waals surface area contributed by atoms with Crippen LogP contribution in [0.4, 0.5) is 0 Å². The highest BCUT2D eigenvalue weighted by Crippen LogP contribution is 2.40. The van der Waals surface area contributed by atoms with Gasteiger partial charge in [0.05, 0.1) is 0 Å². The average Bonchev–Trinajstić information content (AvgIpc) is 2.78. The van der Waals surface area contributed by atoms with E-state index in [2.05, 4.69) is 22.7 Å². The van der Waals surface area contributed by atoms with Gasteiger partial charge in [0.2, 0.25) is 0 Å². The van der Waals surface area contributed by atoms with Crippen LogP contribution in [0.25, 0.3) is 0 Å². The highest BCUT2D eigenvalue weighted by Gasteiger charge is 2.28. The minimum absolute atomic E-state index is 0.741. The molecule has 1 fully saturated rings. The summed E-state index contributed by atoms with van der Waals surface area (Å²) < 4.78 is 0. The third kappa shape index (κ3) is 1.76. The Bertz CT molecular complexity index is 360. The minimum atomic E-state index is 0.741. The van der Waals surface area contributed by atoms with Crippen molar-refractivity contribution in [2.75, 3.05) is 6.54 Å². The molecule has 0 amide bonds. The van der Waals surface area contributed by atoms with Gasteiger partial charge < -0.3 is 0 Å². The maximum absolute atomic E-state index is 4.53. The summed E-state index contributed by atoms with van der Waals surface area (Å²) in [6.07, 6.45) is 9.24. The van der Waals surface area contributed by atoms with Crippen LogP contribution in [0.15, 0.2) is 16.4 Å². The van der Waals surface area contributed by atoms with Crippen molar-refractivity contribution in [2.24, 2.45) is 10.9 Å². The Hall–Kier alpha value is -0.630. The summed E-state index contributed by atoms with van der Waals surface area (Å²) in [5.74, 6) is 1.65. The average molecular weight is 219 g/mol. The molecule has 2 aliphatic rings. The largest absolute Gasteiger partial charge is 0.292 e. The Balaban J connectivity index is 1.85. The Morgan fingerprint density at radius 1 is 1.20 bits per heavy atom. The third-order valence-corrected chi connectivity index (χ3v) is 4.88. The Morgan fingerprint density at radius 2 is 2.07 bits per heavy atom. The van der Waals surface area contributed by atoms with Crippen molar-refractivity contribution in [3.05, 3.63) is 21.9 Å². The van der Waals surface area contributed by atoms with Crippen molar-refractivity contribution < 1.29 is 0 Å². The summed E-state index contributed by atoms with van der Waals surface area (Å²) in [6.45, 7) is 1.04. The molecule has 1 unspecified atom stereocenters. The lowest BCUT2D eigenvalue weighted by Crippen LogP contribution is -2.21. The molecule has 1 aliphatic carbocycles. The number of hydrogen-bond donors (Lipinski definition) is 0. The van der Waals surface area contributed by atoms with Crippen molar-refractivity contribution in [2.45, 2.75) is 38.0 Å². The molecule has 1 nitrogen and oxygen atoms in total. The molecule has 3 rings (SSSR count). The quantitative estimate of drug-likeness (QED) is 0.680. The summed E-state index contributed by atoms with van der Waals surface area (Å²) in [6, 6.07) is 2.22. The second kappa shape index (κ2) is 4.09. The molecule has 1 aromatic heterocycles. The van der Waals surface area contributed by atoms with E-state index in [4.69, 9.17) is 0 Å². The summed E-state index contributed by atoms with van der Waals surface area (Å²) in [5.41, 5.74) is 1.39. The summed E-state index contributed by atoms with van der Waals surface area (Å²) in [5, 5.41) is 2.22. The molecule has 0 bridgehead atoms. The van der Waals surface area contributed by atoms with Crippen LogP contribution in [0.3, 0.4) is 0 Å². The van der Waals surface area contributed by atoms with Gasteiger partial charge in [-0.1, -0.05) is 19.3 Å². The SMILES string of the molecule is C1=NCC(C2CCCCC2)c2sccc21. The zero-order chi connectivity index (χ0) is 10.1. The molecule has 1 saturated carbocycles. The summed E-state index contributed by atoms with van der Waals surface area (Å²) in [4.78, 5) is 6.14. The fourth-order valence-corrected chi connectivity index (χ4v) is 4.05. The molecular formula is C13H17NS. The van der Waals surface area contributed by atoms with E-state index in [1.165, 1.54) is 37.7 Å².